The van der Waals surface area contributed by atoms with Crippen molar-refractivity contribution < 1.29 is 13.9 Å². The van der Waals surface area contributed by atoms with Crippen molar-refractivity contribution in [2.75, 3.05) is 7.11 Å². The topological polar surface area (TPSA) is 69.3 Å². The molecule has 1 amide bonds. The van der Waals surface area contributed by atoms with Gasteiger partial charge in [-0.05, 0) is 30.7 Å². The summed E-state index contributed by atoms with van der Waals surface area (Å²) in [4.78, 5) is 16.9. The predicted molar refractivity (Wildman–Crippen MR) is 102 cm³/mol. The Labute approximate surface area is 156 Å². The molecular weight excluding hydrogens is 342 g/mol. The Morgan fingerprint density at radius 2 is 2.07 bits per heavy atom. The Hall–Kier alpha value is -3.54. The number of rotatable bonds is 5. The number of benzene rings is 2. The van der Waals surface area contributed by atoms with Crippen LogP contribution in [0.3, 0.4) is 0 Å². The minimum atomic E-state index is -0.273. The van der Waals surface area contributed by atoms with E-state index in [0.29, 0.717) is 17.9 Å². The summed E-state index contributed by atoms with van der Waals surface area (Å²) in [6.07, 6.45) is 3.66. The van der Waals surface area contributed by atoms with Gasteiger partial charge in [0.2, 0.25) is 0 Å². The molecule has 0 spiro atoms. The zero-order chi connectivity index (χ0) is 18.8. The van der Waals surface area contributed by atoms with E-state index in [-0.39, 0.29) is 11.7 Å². The number of nitrogens with one attached hydrogen (secondary N) is 1. The number of hydrogen-bond acceptors (Lipinski definition) is 4. The van der Waals surface area contributed by atoms with Crippen molar-refractivity contribution in [3.63, 3.8) is 0 Å². The SMILES string of the molecule is COc1cccc2cc(C(=O)NCc3ccccc3-n3ccnc3C)oc12. The number of carbonyl (C=O) groups is 1. The molecule has 0 unspecified atom stereocenters. The van der Waals surface area contributed by atoms with Crippen molar-refractivity contribution >= 4 is 16.9 Å². The molecule has 0 aliphatic rings. The van der Waals surface area contributed by atoms with Gasteiger partial charge in [0.05, 0.1) is 12.8 Å². The average molecular weight is 361 g/mol. The summed E-state index contributed by atoms with van der Waals surface area (Å²) in [5, 5.41) is 3.76. The fraction of sp³-hybridized carbons (Fsp3) is 0.143. The number of para-hydroxylation sites is 2. The van der Waals surface area contributed by atoms with Gasteiger partial charge in [-0.25, -0.2) is 4.98 Å². The van der Waals surface area contributed by atoms with Crippen LogP contribution in [0.25, 0.3) is 16.7 Å². The lowest BCUT2D eigenvalue weighted by Gasteiger charge is -2.12. The summed E-state index contributed by atoms with van der Waals surface area (Å²) >= 11 is 0. The van der Waals surface area contributed by atoms with E-state index in [2.05, 4.69) is 10.3 Å². The van der Waals surface area contributed by atoms with E-state index in [4.69, 9.17) is 9.15 Å². The highest BCUT2D eigenvalue weighted by atomic mass is 16.5. The van der Waals surface area contributed by atoms with Crippen LogP contribution in [0.2, 0.25) is 0 Å². The molecule has 0 saturated carbocycles. The molecule has 4 aromatic rings. The lowest BCUT2D eigenvalue weighted by molar-refractivity contribution is 0.0925. The van der Waals surface area contributed by atoms with Crippen LogP contribution in [0.1, 0.15) is 21.9 Å². The maximum absolute atomic E-state index is 12.6. The molecule has 1 N–H and O–H groups in total. The van der Waals surface area contributed by atoms with Crippen molar-refractivity contribution in [2.24, 2.45) is 0 Å². The van der Waals surface area contributed by atoms with Crippen LogP contribution in [0.5, 0.6) is 5.75 Å². The molecule has 6 heteroatoms. The Bertz CT molecular complexity index is 1110. The van der Waals surface area contributed by atoms with Gasteiger partial charge in [-0.1, -0.05) is 30.3 Å². The third-order valence-corrected chi connectivity index (χ3v) is 4.47. The van der Waals surface area contributed by atoms with Crippen molar-refractivity contribution in [3.05, 3.63) is 78.1 Å². The lowest BCUT2D eigenvalue weighted by atomic mass is 10.1. The summed E-state index contributed by atoms with van der Waals surface area (Å²) < 4.78 is 13.0. The highest BCUT2D eigenvalue weighted by Crippen LogP contribution is 2.28. The van der Waals surface area contributed by atoms with Gasteiger partial charge in [0.25, 0.3) is 5.91 Å². The Kier molecular flexibility index (Phi) is 4.38. The minimum Gasteiger partial charge on any atom is -0.493 e. The Morgan fingerprint density at radius 3 is 2.85 bits per heavy atom. The first-order valence-corrected chi connectivity index (χ1v) is 8.60. The highest BCUT2D eigenvalue weighted by Gasteiger charge is 2.15. The molecule has 27 heavy (non-hydrogen) atoms. The number of fused-ring (bicyclic) bond motifs is 1. The second-order valence-electron chi connectivity index (χ2n) is 6.15. The zero-order valence-corrected chi connectivity index (χ0v) is 15.1. The number of nitrogens with zero attached hydrogens (tertiary/aromatic N) is 2. The number of hydrogen-bond donors (Lipinski definition) is 1. The number of furan rings is 1. The van der Waals surface area contributed by atoms with Crippen LogP contribution in [0, 0.1) is 6.92 Å². The second kappa shape index (κ2) is 6.99. The molecule has 2 heterocycles. The molecule has 2 aromatic carbocycles. The van der Waals surface area contributed by atoms with E-state index in [1.165, 1.54) is 0 Å². The van der Waals surface area contributed by atoms with Crippen LogP contribution >= 0.6 is 0 Å². The number of aryl methyl sites for hydroxylation is 1. The third kappa shape index (κ3) is 3.17. The van der Waals surface area contributed by atoms with Crippen LogP contribution in [0.4, 0.5) is 0 Å². The first-order valence-electron chi connectivity index (χ1n) is 8.60. The number of amides is 1. The molecule has 0 saturated heterocycles. The van der Waals surface area contributed by atoms with Crippen LogP contribution in [-0.4, -0.2) is 22.6 Å². The van der Waals surface area contributed by atoms with Gasteiger partial charge in [-0.3, -0.25) is 4.79 Å². The normalized spacial score (nSPS) is 10.9. The van der Waals surface area contributed by atoms with Gasteiger partial charge in [0.1, 0.15) is 5.82 Å². The van der Waals surface area contributed by atoms with E-state index >= 15 is 0 Å². The van der Waals surface area contributed by atoms with Crippen LogP contribution < -0.4 is 10.1 Å². The van der Waals surface area contributed by atoms with Crippen LogP contribution in [-0.2, 0) is 6.54 Å². The van der Waals surface area contributed by atoms with Crippen molar-refractivity contribution in [3.8, 4) is 11.4 Å². The van der Waals surface area contributed by atoms with Gasteiger partial charge in [0, 0.05) is 24.3 Å². The maximum Gasteiger partial charge on any atom is 0.287 e. The van der Waals surface area contributed by atoms with E-state index < -0.39 is 0 Å². The van der Waals surface area contributed by atoms with Gasteiger partial charge in [0.15, 0.2) is 17.1 Å². The maximum atomic E-state index is 12.6. The molecule has 0 radical (unpaired) electrons. The highest BCUT2D eigenvalue weighted by molar-refractivity contribution is 5.97. The molecule has 6 nitrogen and oxygen atoms in total. The van der Waals surface area contributed by atoms with Gasteiger partial charge in [-0.2, -0.15) is 0 Å². The molecular formula is C21H19N3O3. The zero-order valence-electron chi connectivity index (χ0n) is 15.1. The number of imidazole rings is 1. The monoisotopic (exact) mass is 361 g/mol. The molecule has 0 aliphatic heterocycles. The molecule has 0 bridgehead atoms. The number of aromatic nitrogens is 2. The summed E-state index contributed by atoms with van der Waals surface area (Å²) in [6, 6.07) is 15.2. The second-order valence-corrected chi connectivity index (χ2v) is 6.15. The average Bonchev–Trinajstić information content (AvgIpc) is 3.32. The van der Waals surface area contributed by atoms with Crippen molar-refractivity contribution in [2.45, 2.75) is 13.5 Å². The molecule has 136 valence electrons. The summed E-state index contributed by atoms with van der Waals surface area (Å²) in [6.45, 7) is 2.32. The summed E-state index contributed by atoms with van der Waals surface area (Å²) in [5.74, 6) is 1.47. The fourth-order valence-electron chi connectivity index (χ4n) is 3.10. The predicted octanol–water partition coefficient (Wildman–Crippen LogP) is 3.87. The molecule has 0 aliphatic carbocycles. The number of methoxy groups -OCH3 is 1. The van der Waals surface area contributed by atoms with E-state index in [9.17, 15) is 4.79 Å². The smallest absolute Gasteiger partial charge is 0.287 e. The minimum absolute atomic E-state index is 0.255. The largest absolute Gasteiger partial charge is 0.493 e. The van der Waals surface area contributed by atoms with E-state index in [1.54, 1.807) is 25.4 Å². The Balaban J connectivity index is 1.56. The molecule has 4 rings (SSSR count). The summed E-state index contributed by atoms with van der Waals surface area (Å²) in [5.41, 5.74) is 2.54. The van der Waals surface area contributed by atoms with E-state index in [1.807, 2.05) is 54.1 Å². The standard InChI is InChI=1S/C21H19N3O3/c1-14-22-10-11-24(14)17-8-4-3-6-16(17)13-23-21(25)19-12-15-7-5-9-18(26-2)20(15)27-19/h3-12H,13H2,1-2H3,(H,23,25). The van der Waals surface area contributed by atoms with Gasteiger partial charge < -0.3 is 19.0 Å². The van der Waals surface area contributed by atoms with Gasteiger partial charge in [-0.15, -0.1) is 0 Å². The number of ether oxygens (including phenoxy) is 1. The molecule has 0 atom stereocenters. The molecule has 0 fully saturated rings. The van der Waals surface area contributed by atoms with Crippen molar-refractivity contribution in [1.29, 1.82) is 0 Å². The van der Waals surface area contributed by atoms with E-state index in [0.717, 1.165) is 22.5 Å². The Morgan fingerprint density at radius 1 is 1.22 bits per heavy atom. The lowest BCUT2D eigenvalue weighted by Crippen LogP contribution is -2.23. The first-order chi connectivity index (χ1) is 13.2. The third-order valence-electron chi connectivity index (χ3n) is 4.47. The quantitative estimate of drug-likeness (QED) is 0.586. The molecule has 2 aromatic heterocycles. The van der Waals surface area contributed by atoms with Gasteiger partial charge >= 0.3 is 0 Å². The first kappa shape index (κ1) is 16.9. The van der Waals surface area contributed by atoms with Crippen molar-refractivity contribution in [1.82, 2.24) is 14.9 Å². The number of carbonyl (C=O) groups excluding carboxylic acids is 1. The fourth-order valence-corrected chi connectivity index (χ4v) is 3.10. The summed E-state index contributed by atoms with van der Waals surface area (Å²) in [7, 11) is 1.58. The van der Waals surface area contributed by atoms with Crippen LogP contribution in [0.15, 0.2) is 65.3 Å².